The van der Waals surface area contributed by atoms with E-state index in [-0.39, 0.29) is 18.7 Å². The predicted octanol–water partition coefficient (Wildman–Crippen LogP) is 3.45. The van der Waals surface area contributed by atoms with Gasteiger partial charge in [0.2, 0.25) is 0 Å². The first kappa shape index (κ1) is 19.5. The molecule has 6 heteroatoms. The van der Waals surface area contributed by atoms with Crippen molar-refractivity contribution >= 4 is 17.8 Å². The molecular formula is C22H20FNO4. The van der Waals surface area contributed by atoms with Gasteiger partial charge in [-0.1, -0.05) is 48.5 Å². The number of methoxy groups -OCH3 is 1. The zero-order chi connectivity index (χ0) is 20.1. The zero-order valence-electron chi connectivity index (χ0n) is 15.3. The van der Waals surface area contributed by atoms with E-state index in [1.807, 2.05) is 30.3 Å². The highest BCUT2D eigenvalue weighted by atomic mass is 19.1. The molecule has 1 N–H and O–H groups in total. The number of rotatable bonds is 7. The van der Waals surface area contributed by atoms with Crippen molar-refractivity contribution < 1.29 is 23.8 Å². The summed E-state index contributed by atoms with van der Waals surface area (Å²) in [5.74, 6) is -2.15. The van der Waals surface area contributed by atoms with E-state index in [4.69, 9.17) is 4.74 Å². The number of ketones is 1. The minimum atomic E-state index is -0.809. The van der Waals surface area contributed by atoms with Crippen LogP contribution in [0, 0.1) is 5.82 Å². The molecule has 5 nitrogen and oxygen atoms in total. The van der Waals surface area contributed by atoms with E-state index < -0.39 is 29.3 Å². The fourth-order valence-corrected chi connectivity index (χ4v) is 3.14. The molecule has 0 aliphatic carbocycles. The van der Waals surface area contributed by atoms with Crippen molar-refractivity contribution in [3.63, 3.8) is 0 Å². The minimum absolute atomic E-state index is 0.0279. The summed E-state index contributed by atoms with van der Waals surface area (Å²) in [6, 6.07) is 13.9. The van der Waals surface area contributed by atoms with Gasteiger partial charge in [0.05, 0.1) is 18.2 Å². The second-order valence-corrected chi connectivity index (χ2v) is 6.32. The van der Waals surface area contributed by atoms with Crippen LogP contribution in [0.4, 0.5) is 4.39 Å². The molecule has 0 saturated carbocycles. The van der Waals surface area contributed by atoms with Gasteiger partial charge in [0.25, 0.3) is 5.91 Å². The lowest BCUT2D eigenvalue weighted by Crippen LogP contribution is -2.33. The molecule has 0 spiro atoms. The number of halogens is 1. The largest absolute Gasteiger partial charge is 0.503 e. The Morgan fingerprint density at radius 2 is 1.86 bits per heavy atom. The Labute approximate surface area is 162 Å². The van der Waals surface area contributed by atoms with Crippen LogP contribution in [-0.2, 0) is 14.3 Å². The van der Waals surface area contributed by atoms with Gasteiger partial charge in [0.1, 0.15) is 5.82 Å². The number of benzene rings is 2. The maximum atomic E-state index is 13.4. The quantitative estimate of drug-likeness (QED) is 0.746. The number of aliphatic hydroxyl groups excluding tert-OH is 1. The first-order valence-corrected chi connectivity index (χ1v) is 8.79. The Kier molecular flexibility index (Phi) is 6.01. The van der Waals surface area contributed by atoms with Gasteiger partial charge >= 0.3 is 0 Å². The highest BCUT2D eigenvalue weighted by Gasteiger charge is 2.42. The topological polar surface area (TPSA) is 66.8 Å². The number of amides is 1. The van der Waals surface area contributed by atoms with Gasteiger partial charge in [-0.25, -0.2) is 4.39 Å². The number of aliphatic hydroxyl groups is 1. The van der Waals surface area contributed by atoms with Crippen molar-refractivity contribution in [2.24, 2.45) is 0 Å². The summed E-state index contributed by atoms with van der Waals surface area (Å²) in [4.78, 5) is 26.8. The molecule has 0 bridgehead atoms. The summed E-state index contributed by atoms with van der Waals surface area (Å²) < 4.78 is 18.4. The van der Waals surface area contributed by atoms with E-state index in [1.54, 1.807) is 6.08 Å². The van der Waals surface area contributed by atoms with Crippen LogP contribution < -0.4 is 0 Å². The number of ether oxygens (including phenoxy) is 1. The average Bonchev–Trinajstić information content (AvgIpc) is 2.96. The van der Waals surface area contributed by atoms with Crippen molar-refractivity contribution in [2.75, 3.05) is 20.3 Å². The number of carbonyl (C=O) groups excluding carboxylic acids is 2. The van der Waals surface area contributed by atoms with Crippen LogP contribution in [-0.4, -0.2) is 42.0 Å². The first-order chi connectivity index (χ1) is 13.5. The van der Waals surface area contributed by atoms with Crippen LogP contribution >= 0.6 is 0 Å². The third-order valence-corrected chi connectivity index (χ3v) is 4.52. The highest BCUT2D eigenvalue weighted by Crippen LogP contribution is 2.37. The standard InChI is InChI=1S/C22H20FNO4/c1-28-14-13-24-20(16-8-10-17(23)11-9-16)19(21(26)22(24)27)18(25)12-7-15-5-3-2-4-6-15/h2-12,20,26H,13-14H2,1H3. The number of carbonyl (C=O) groups is 2. The second-order valence-electron chi connectivity index (χ2n) is 6.32. The molecule has 0 aromatic heterocycles. The third kappa shape index (κ3) is 4.02. The predicted molar refractivity (Wildman–Crippen MR) is 103 cm³/mol. The Bertz CT molecular complexity index is 919. The Hall–Kier alpha value is -3.25. The van der Waals surface area contributed by atoms with Gasteiger partial charge in [-0.3, -0.25) is 9.59 Å². The molecule has 0 radical (unpaired) electrons. The molecular weight excluding hydrogens is 361 g/mol. The third-order valence-electron chi connectivity index (χ3n) is 4.52. The lowest BCUT2D eigenvalue weighted by atomic mass is 9.95. The van der Waals surface area contributed by atoms with Crippen molar-refractivity contribution in [1.82, 2.24) is 4.90 Å². The van der Waals surface area contributed by atoms with E-state index in [0.29, 0.717) is 5.56 Å². The molecule has 1 atom stereocenters. The molecule has 1 aliphatic rings. The molecule has 0 saturated heterocycles. The molecule has 3 rings (SSSR count). The summed E-state index contributed by atoms with van der Waals surface area (Å²) in [5.41, 5.74) is 1.32. The number of hydrogen-bond acceptors (Lipinski definition) is 4. The summed E-state index contributed by atoms with van der Waals surface area (Å²) in [7, 11) is 1.50. The van der Waals surface area contributed by atoms with Gasteiger partial charge in [0, 0.05) is 13.7 Å². The van der Waals surface area contributed by atoms with Crippen LogP contribution in [0.2, 0.25) is 0 Å². The Morgan fingerprint density at radius 1 is 1.18 bits per heavy atom. The van der Waals surface area contributed by atoms with E-state index >= 15 is 0 Å². The maximum Gasteiger partial charge on any atom is 0.290 e. The van der Waals surface area contributed by atoms with Crippen LogP contribution in [0.25, 0.3) is 6.08 Å². The molecule has 0 fully saturated rings. The molecule has 1 amide bonds. The van der Waals surface area contributed by atoms with Crippen LogP contribution in [0.1, 0.15) is 17.2 Å². The van der Waals surface area contributed by atoms with Crippen LogP contribution in [0.15, 0.2) is 72.0 Å². The summed E-state index contributed by atoms with van der Waals surface area (Å²) in [6.07, 6.45) is 2.94. The summed E-state index contributed by atoms with van der Waals surface area (Å²) >= 11 is 0. The molecule has 2 aromatic rings. The fourth-order valence-electron chi connectivity index (χ4n) is 3.14. The summed E-state index contributed by atoms with van der Waals surface area (Å²) in [6.45, 7) is 0.415. The molecule has 28 heavy (non-hydrogen) atoms. The number of allylic oxidation sites excluding steroid dienone is 1. The zero-order valence-corrected chi connectivity index (χ0v) is 15.3. The maximum absolute atomic E-state index is 13.4. The highest BCUT2D eigenvalue weighted by molar-refractivity contribution is 6.14. The first-order valence-electron chi connectivity index (χ1n) is 8.79. The van der Waals surface area contributed by atoms with Crippen molar-refractivity contribution in [3.05, 3.63) is 88.9 Å². The van der Waals surface area contributed by atoms with Gasteiger partial charge in [-0.2, -0.15) is 0 Å². The van der Waals surface area contributed by atoms with E-state index in [1.165, 1.54) is 42.4 Å². The molecule has 1 unspecified atom stereocenters. The van der Waals surface area contributed by atoms with Crippen molar-refractivity contribution in [1.29, 1.82) is 0 Å². The van der Waals surface area contributed by atoms with E-state index in [0.717, 1.165) is 5.56 Å². The van der Waals surface area contributed by atoms with E-state index in [9.17, 15) is 19.1 Å². The van der Waals surface area contributed by atoms with Crippen LogP contribution in [0.3, 0.4) is 0 Å². The van der Waals surface area contributed by atoms with E-state index in [2.05, 4.69) is 0 Å². The van der Waals surface area contributed by atoms with Crippen LogP contribution in [0.5, 0.6) is 0 Å². The van der Waals surface area contributed by atoms with Crippen molar-refractivity contribution in [2.45, 2.75) is 6.04 Å². The fraction of sp³-hybridized carbons (Fsp3) is 0.182. The molecule has 1 aliphatic heterocycles. The SMILES string of the molecule is COCCN1C(=O)C(O)=C(C(=O)C=Cc2ccccc2)C1c1ccc(F)cc1. The van der Waals surface area contributed by atoms with Gasteiger partial charge < -0.3 is 14.7 Å². The van der Waals surface area contributed by atoms with Gasteiger partial charge in [-0.05, 0) is 29.3 Å². The summed E-state index contributed by atoms with van der Waals surface area (Å²) in [5, 5.41) is 10.4. The normalized spacial score (nSPS) is 17.0. The van der Waals surface area contributed by atoms with Crippen molar-refractivity contribution in [3.8, 4) is 0 Å². The van der Waals surface area contributed by atoms with Gasteiger partial charge in [-0.15, -0.1) is 0 Å². The molecule has 2 aromatic carbocycles. The second kappa shape index (κ2) is 8.63. The Morgan fingerprint density at radius 3 is 2.50 bits per heavy atom. The smallest absolute Gasteiger partial charge is 0.290 e. The number of hydrogen-bond donors (Lipinski definition) is 1. The lowest BCUT2D eigenvalue weighted by molar-refractivity contribution is -0.130. The molecule has 144 valence electrons. The lowest BCUT2D eigenvalue weighted by Gasteiger charge is -2.26. The number of nitrogens with zero attached hydrogens (tertiary/aromatic N) is 1. The monoisotopic (exact) mass is 381 g/mol. The van der Waals surface area contributed by atoms with Gasteiger partial charge in [0.15, 0.2) is 11.5 Å². The average molecular weight is 381 g/mol. The Balaban J connectivity index is 1.97. The molecule has 1 heterocycles. The minimum Gasteiger partial charge on any atom is -0.503 e.